The average Bonchev–Trinajstić information content (AvgIpc) is 2.99. The molecule has 1 aliphatic heterocycles. The molecule has 3 atom stereocenters. The van der Waals surface area contributed by atoms with Crippen molar-refractivity contribution in [2.75, 3.05) is 26.8 Å². The fourth-order valence-corrected chi connectivity index (χ4v) is 4.09. The van der Waals surface area contributed by atoms with Crippen LogP contribution >= 0.6 is 0 Å². The summed E-state index contributed by atoms with van der Waals surface area (Å²) in [5.74, 6) is 1.72. The molecular formula is C19H29NO3. The lowest BCUT2D eigenvalue weighted by molar-refractivity contribution is 0.00430. The van der Waals surface area contributed by atoms with Crippen molar-refractivity contribution in [3.05, 3.63) is 29.8 Å². The number of ether oxygens (including phenoxy) is 2. The molecule has 23 heavy (non-hydrogen) atoms. The van der Waals surface area contributed by atoms with E-state index >= 15 is 0 Å². The van der Waals surface area contributed by atoms with Gasteiger partial charge in [-0.2, -0.15) is 0 Å². The molecule has 1 saturated carbocycles. The summed E-state index contributed by atoms with van der Waals surface area (Å²) < 4.78 is 10.8. The number of rotatable bonds is 7. The number of methoxy groups -OCH3 is 1. The van der Waals surface area contributed by atoms with Crippen LogP contribution in [0.5, 0.6) is 5.75 Å². The summed E-state index contributed by atoms with van der Waals surface area (Å²) in [5.41, 5.74) is 1.10. The molecule has 0 bridgehead atoms. The Kier molecular flexibility index (Phi) is 5.92. The Morgan fingerprint density at radius 3 is 2.74 bits per heavy atom. The summed E-state index contributed by atoms with van der Waals surface area (Å²) in [6, 6.07) is 8.57. The third kappa shape index (κ3) is 4.46. The molecular weight excluding hydrogens is 290 g/mol. The summed E-state index contributed by atoms with van der Waals surface area (Å²) >= 11 is 0. The molecule has 1 heterocycles. The SMILES string of the molecule is COc1ccc(COCC(O)CN2CCC3CCCCC32)cc1. The fourth-order valence-electron chi connectivity index (χ4n) is 4.09. The number of aliphatic hydroxyl groups excluding tert-OH is 1. The van der Waals surface area contributed by atoms with Crippen molar-refractivity contribution in [2.45, 2.75) is 50.9 Å². The molecule has 1 aromatic carbocycles. The molecule has 0 radical (unpaired) electrons. The van der Waals surface area contributed by atoms with Gasteiger partial charge in [0.05, 0.1) is 26.4 Å². The van der Waals surface area contributed by atoms with Gasteiger partial charge in [-0.15, -0.1) is 0 Å². The first-order valence-electron chi connectivity index (χ1n) is 8.89. The smallest absolute Gasteiger partial charge is 0.118 e. The largest absolute Gasteiger partial charge is 0.497 e. The quantitative estimate of drug-likeness (QED) is 0.839. The Hall–Kier alpha value is -1.10. The van der Waals surface area contributed by atoms with E-state index in [4.69, 9.17) is 9.47 Å². The number of aliphatic hydroxyl groups is 1. The molecule has 1 aliphatic carbocycles. The van der Waals surface area contributed by atoms with Crippen LogP contribution in [0.2, 0.25) is 0 Å². The summed E-state index contributed by atoms with van der Waals surface area (Å²) in [6.45, 7) is 2.83. The Morgan fingerprint density at radius 1 is 1.17 bits per heavy atom. The van der Waals surface area contributed by atoms with Gasteiger partial charge in [-0.1, -0.05) is 25.0 Å². The van der Waals surface area contributed by atoms with Gasteiger partial charge in [-0.3, -0.25) is 4.90 Å². The molecule has 4 heteroatoms. The van der Waals surface area contributed by atoms with E-state index in [9.17, 15) is 5.11 Å². The number of fused-ring (bicyclic) bond motifs is 1. The van der Waals surface area contributed by atoms with Gasteiger partial charge in [0.25, 0.3) is 0 Å². The van der Waals surface area contributed by atoms with E-state index < -0.39 is 6.10 Å². The highest BCUT2D eigenvalue weighted by atomic mass is 16.5. The molecule has 3 rings (SSSR count). The van der Waals surface area contributed by atoms with Crippen molar-refractivity contribution in [3.8, 4) is 5.75 Å². The van der Waals surface area contributed by atoms with Crippen molar-refractivity contribution in [1.82, 2.24) is 4.90 Å². The van der Waals surface area contributed by atoms with Gasteiger partial charge in [-0.05, 0) is 49.4 Å². The third-order valence-corrected chi connectivity index (χ3v) is 5.31. The predicted molar refractivity (Wildman–Crippen MR) is 90.6 cm³/mol. The van der Waals surface area contributed by atoms with Crippen molar-refractivity contribution in [3.63, 3.8) is 0 Å². The Labute approximate surface area is 139 Å². The molecule has 4 nitrogen and oxygen atoms in total. The minimum Gasteiger partial charge on any atom is -0.497 e. The van der Waals surface area contributed by atoms with E-state index in [-0.39, 0.29) is 0 Å². The molecule has 3 unspecified atom stereocenters. The lowest BCUT2D eigenvalue weighted by Crippen LogP contribution is -2.40. The third-order valence-electron chi connectivity index (χ3n) is 5.31. The number of hydrogen-bond acceptors (Lipinski definition) is 4. The van der Waals surface area contributed by atoms with Crippen LogP contribution in [-0.4, -0.2) is 49.0 Å². The van der Waals surface area contributed by atoms with E-state index in [1.54, 1.807) is 7.11 Å². The normalized spacial score (nSPS) is 26.0. The zero-order chi connectivity index (χ0) is 16.1. The van der Waals surface area contributed by atoms with E-state index in [2.05, 4.69) is 4.90 Å². The molecule has 1 aromatic rings. The molecule has 2 aliphatic rings. The van der Waals surface area contributed by atoms with Crippen LogP contribution < -0.4 is 4.74 Å². The van der Waals surface area contributed by atoms with Crippen molar-refractivity contribution < 1.29 is 14.6 Å². The average molecular weight is 319 g/mol. The second-order valence-corrected chi connectivity index (χ2v) is 6.91. The van der Waals surface area contributed by atoms with Crippen LogP contribution in [0.1, 0.15) is 37.7 Å². The van der Waals surface area contributed by atoms with Crippen LogP contribution in [0.15, 0.2) is 24.3 Å². The zero-order valence-electron chi connectivity index (χ0n) is 14.1. The highest BCUT2D eigenvalue weighted by molar-refractivity contribution is 5.26. The van der Waals surface area contributed by atoms with Crippen molar-refractivity contribution >= 4 is 0 Å². The first-order valence-corrected chi connectivity index (χ1v) is 8.89. The number of benzene rings is 1. The molecule has 0 aromatic heterocycles. The molecule has 0 spiro atoms. The summed E-state index contributed by atoms with van der Waals surface area (Å²) in [5, 5.41) is 10.3. The fraction of sp³-hybridized carbons (Fsp3) is 0.684. The van der Waals surface area contributed by atoms with Crippen LogP contribution in [0.3, 0.4) is 0 Å². The predicted octanol–water partition coefficient (Wildman–Crippen LogP) is 2.84. The lowest BCUT2D eigenvalue weighted by atomic mass is 9.85. The second-order valence-electron chi connectivity index (χ2n) is 6.91. The minimum absolute atomic E-state index is 0.395. The lowest BCUT2D eigenvalue weighted by Gasteiger charge is -2.32. The number of nitrogens with zero attached hydrogens (tertiary/aromatic N) is 1. The molecule has 128 valence electrons. The molecule has 2 fully saturated rings. The van der Waals surface area contributed by atoms with Gasteiger partial charge in [-0.25, -0.2) is 0 Å². The Balaban J connectivity index is 1.38. The number of likely N-dealkylation sites (tertiary alicyclic amines) is 1. The van der Waals surface area contributed by atoms with Crippen molar-refractivity contribution in [1.29, 1.82) is 0 Å². The standard InChI is InChI=1S/C19H29NO3/c1-22-18-8-6-15(7-9-18)13-23-14-17(21)12-20-11-10-16-4-2-3-5-19(16)20/h6-9,16-17,19,21H,2-5,10-14H2,1H3. The monoisotopic (exact) mass is 319 g/mol. The Morgan fingerprint density at radius 2 is 1.96 bits per heavy atom. The second kappa shape index (κ2) is 8.13. The van der Waals surface area contributed by atoms with E-state index in [0.29, 0.717) is 19.3 Å². The number of hydrogen-bond donors (Lipinski definition) is 1. The van der Waals surface area contributed by atoms with Gasteiger partial charge < -0.3 is 14.6 Å². The van der Waals surface area contributed by atoms with E-state index in [1.165, 1.54) is 32.1 Å². The maximum Gasteiger partial charge on any atom is 0.118 e. The van der Waals surface area contributed by atoms with E-state index in [0.717, 1.165) is 30.3 Å². The summed E-state index contributed by atoms with van der Waals surface area (Å²) in [6.07, 6.45) is 6.35. The highest BCUT2D eigenvalue weighted by Gasteiger charge is 2.36. The van der Waals surface area contributed by atoms with Gasteiger partial charge in [0.15, 0.2) is 0 Å². The van der Waals surface area contributed by atoms with Gasteiger partial charge in [0.1, 0.15) is 5.75 Å². The van der Waals surface area contributed by atoms with Gasteiger partial charge in [0, 0.05) is 12.6 Å². The molecule has 1 saturated heterocycles. The highest BCUT2D eigenvalue weighted by Crippen LogP contribution is 2.36. The topological polar surface area (TPSA) is 41.9 Å². The number of β-amino-alcohol motifs (C(OH)–C–C–N with tert-alkyl or cyclic N) is 1. The van der Waals surface area contributed by atoms with Crippen LogP contribution in [0, 0.1) is 5.92 Å². The molecule has 1 N–H and O–H groups in total. The maximum atomic E-state index is 10.3. The van der Waals surface area contributed by atoms with Gasteiger partial charge in [0.2, 0.25) is 0 Å². The van der Waals surface area contributed by atoms with Crippen LogP contribution in [0.25, 0.3) is 0 Å². The van der Waals surface area contributed by atoms with Crippen LogP contribution in [0.4, 0.5) is 0 Å². The first-order chi connectivity index (χ1) is 11.3. The van der Waals surface area contributed by atoms with Gasteiger partial charge >= 0.3 is 0 Å². The first kappa shape index (κ1) is 16.7. The van der Waals surface area contributed by atoms with Crippen molar-refractivity contribution in [2.24, 2.45) is 5.92 Å². The zero-order valence-corrected chi connectivity index (χ0v) is 14.1. The minimum atomic E-state index is -0.395. The summed E-state index contributed by atoms with van der Waals surface area (Å²) in [7, 11) is 1.66. The van der Waals surface area contributed by atoms with Crippen LogP contribution in [-0.2, 0) is 11.3 Å². The van der Waals surface area contributed by atoms with E-state index in [1.807, 2.05) is 24.3 Å². The Bertz CT molecular complexity index is 476. The molecule has 0 amide bonds. The summed E-state index contributed by atoms with van der Waals surface area (Å²) in [4.78, 5) is 2.49. The maximum absolute atomic E-state index is 10.3.